The summed E-state index contributed by atoms with van der Waals surface area (Å²) in [5, 5.41) is 6.88. The molecule has 4 rings (SSSR count). The quantitative estimate of drug-likeness (QED) is 0.461. The summed E-state index contributed by atoms with van der Waals surface area (Å²) in [5.41, 5.74) is 1.54. The lowest BCUT2D eigenvalue weighted by Gasteiger charge is -2.07. The summed E-state index contributed by atoms with van der Waals surface area (Å²) >= 11 is 0. The third-order valence-corrected chi connectivity index (χ3v) is 4.06. The van der Waals surface area contributed by atoms with Crippen molar-refractivity contribution < 1.29 is 4.79 Å². The fourth-order valence-electron chi connectivity index (χ4n) is 2.65. The van der Waals surface area contributed by atoms with Gasteiger partial charge in [0.1, 0.15) is 12.7 Å². The van der Waals surface area contributed by atoms with Crippen LogP contribution in [0.4, 0.5) is 0 Å². The monoisotopic (exact) mass is 362 g/mol. The zero-order valence-corrected chi connectivity index (χ0v) is 14.0. The predicted octanol–water partition coefficient (Wildman–Crippen LogP) is 0.727. The molecule has 0 saturated carbocycles. The molecule has 0 fully saturated rings. The molecule has 0 unspecified atom stereocenters. The summed E-state index contributed by atoms with van der Waals surface area (Å²) in [6.45, 7) is 0.344. The highest BCUT2D eigenvalue weighted by molar-refractivity contribution is 5.97. The number of benzene rings is 2. The number of amides is 1. The van der Waals surface area contributed by atoms with Gasteiger partial charge >= 0.3 is 11.1 Å². The Balaban J connectivity index is 1.47. The number of carbonyl (C=O) groups is 1. The number of fused-ring (bicyclic) bond motifs is 1. The van der Waals surface area contributed by atoms with Crippen LogP contribution < -0.4 is 16.4 Å². The average Bonchev–Trinajstić information content (AvgIpc) is 3.22. The molecule has 1 amide bonds. The number of aromatic amines is 2. The lowest BCUT2D eigenvalue weighted by molar-refractivity contribution is 0.0951. The van der Waals surface area contributed by atoms with Crippen molar-refractivity contribution in [2.45, 2.75) is 6.54 Å². The highest BCUT2D eigenvalue weighted by Crippen LogP contribution is 2.11. The second-order valence-electron chi connectivity index (χ2n) is 5.86. The number of hydrogen-bond acceptors (Lipinski definition) is 5. The van der Waals surface area contributed by atoms with E-state index in [2.05, 4.69) is 25.4 Å². The van der Waals surface area contributed by atoms with Gasteiger partial charge in [0.2, 0.25) is 0 Å². The van der Waals surface area contributed by atoms with Gasteiger partial charge in [-0.2, -0.15) is 5.10 Å². The number of rotatable bonds is 4. The van der Waals surface area contributed by atoms with Crippen molar-refractivity contribution in [3.8, 4) is 5.69 Å². The largest absolute Gasteiger partial charge is 0.348 e. The second kappa shape index (κ2) is 6.71. The Morgan fingerprint density at radius 3 is 2.44 bits per heavy atom. The molecular weight excluding hydrogens is 348 g/mol. The van der Waals surface area contributed by atoms with Gasteiger partial charge in [-0.25, -0.2) is 9.67 Å². The molecule has 27 heavy (non-hydrogen) atoms. The molecule has 0 bridgehead atoms. The summed E-state index contributed by atoms with van der Waals surface area (Å²) < 4.78 is 1.64. The third kappa shape index (κ3) is 3.38. The van der Waals surface area contributed by atoms with Crippen LogP contribution in [0, 0.1) is 0 Å². The van der Waals surface area contributed by atoms with Crippen molar-refractivity contribution >= 4 is 16.9 Å². The zero-order chi connectivity index (χ0) is 18.8. The van der Waals surface area contributed by atoms with Crippen molar-refractivity contribution in [3.63, 3.8) is 0 Å². The molecule has 0 spiro atoms. The number of nitrogens with one attached hydrogen (secondary N) is 3. The van der Waals surface area contributed by atoms with E-state index in [9.17, 15) is 14.4 Å². The maximum atomic E-state index is 12.4. The molecule has 0 aliphatic carbocycles. The first-order valence-corrected chi connectivity index (χ1v) is 8.09. The third-order valence-electron chi connectivity index (χ3n) is 4.06. The van der Waals surface area contributed by atoms with Crippen molar-refractivity contribution in [1.82, 2.24) is 30.0 Å². The van der Waals surface area contributed by atoms with E-state index in [1.807, 2.05) is 24.3 Å². The maximum absolute atomic E-state index is 12.4. The molecular formula is C18H14N6O3. The Hall–Kier alpha value is -4.01. The maximum Gasteiger partial charge on any atom is 0.314 e. The van der Waals surface area contributed by atoms with E-state index in [1.165, 1.54) is 12.4 Å². The lowest BCUT2D eigenvalue weighted by Crippen LogP contribution is -2.29. The van der Waals surface area contributed by atoms with Gasteiger partial charge in [0.05, 0.1) is 16.7 Å². The second-order valence-corrected chi connectivity index (χ2v) is 5.86. The molecule has 0 aliphatic rings. The van der Waals surface area contributed by atoms with Gasteiger partial charge in [0.15, 0.2) is 0 Å². The van der Waals surface area contributed by atoms with Gasteiger partial charge in [-0.15, -0.1) is 0 Å². The molecule has 9 heteroatoms. The molecule has 4 aromatic rings. The molecule has 3 N–H and O–H groups in total. The van der Waals surface area contributed by atoms with Crippen molar-refractivity contribution in [2.75, 3.05) is 0 Å². The minimum absolute atomic E-state index is 0.288. The van der Waals surface area contributed by atoms with Gasteiger partial charge in [-0.05, 0) is 35.9 Å². The average molecular weight is 362 g/mol. The van der Waals surface area contributed by atoms with Crippen LogP contribution in [0.3, 0.4) is 0 Å². The first kappa shape index (κ1) is 16.5. The molecule has 2 aromatic heterocycles. The zero-order valence-electron chi connectivity index (χ0n) is 14.0. The van der Waals surface area contributed by atoms with E-state index in [0.29, 0.717) is 23.1 Å². The fourth-order valence-corrected chi connectivity index (χ4v) is 2.65. The van der Waals surface area contributed by atoms with E-state index in [0.717, 1.165) is 11.3 Å². The Morgan fingerprint density at radius 1 is 1.00 bits per heavy atom. The van der Waals surface area contributed by atoms with Crippen LogP contribution in [0.2, 0.25) is 0 Å². The Morgan fingerprint density at radius 2 is 1.74 bits per heavy atom. The van der Waals surface area contributed by atoms with Crippen LogP contribution in [0.15, 0.2) is 64.7 Å². The van der Waals surface area contributed by atoms with E-state index < -0.39 is 11.1 Å². The summed E-state index contributed by atoms with van der Waals surface area (Å²) in [4.78, 5) is 43.9. The normalized spacial score (nSPS) is 10.8. The molecule has 0 saturated heterocycles. The molecule has 2 aromatic carbocycles. The minimum Gasteiger partial charge on any atom is -0.348 e. The summed E-state index contributed by atoms with van der Waals surface area (Å²) in [6.07, 6.45) is 3.06. The molecule has 2 heterocycles. The van der Waals surface area contributed by atoms with Crippen molar-refractivity contribution in [2.24, 2.45) is 0 Å². The van der Waals surface area contributed by atoms with Gasteiger partial charge < -0.3 is 15.3 Å². The fraction of sp³-hybridized carbons (Fsp3) is 0.0556. The van der Waals surface area contributed by atoms with Crippen molar-refractivity contribution in [1.29, 1.82) is 0 Å². The Labute approximate surface area is 151 Å². The van der Waals surface area contributed by atoms with E-state index in [1.54, 1.807) is 23.1 Å². The van der Waals surface area contributed by atoms with Crippen LogP contribution in [-0.2, 0) is 6.54 Å². The number of aromatic nitrogens is 5. The van der Waals surface area contributed by atoms with Gasteiger partial charge in [-0.1, -0.05) is 12.1 Å². The van der Waals surface area contributed by atoms with E-state index in [4.69, 9.17) is 0 Å². The Bertz CT molecular complexity index is 1220. The number of hydrogen-bond donors (Lipinski definition) is 3. The summed E-state index contributed by atoms with van der Waals surface area (Å²) in [5.74, 6) is -0.288. The smallest absolute Gasteiger partial charge is 0.314 e. The standard InChI is InChI=1S/C18H14N6O3/c25-16(12-3-6-14-15(7-12)23-18(27)17(26)22-14)20-8-11-1-4-13(5-2-11)24-10-19-9-21-24/h1-7,9-10H,8H2,(H,20,25)(H,22,26)(H,23,27). The topological polar surface area (TPSA) is 126 Å². The van der Waals surface area contributed by atoms with Crippen LogP contribution >= 0.6 is 0 Å². The molecule has 0 atom stereocenters. The highest BCUT2D eigenvalue weighted by Gasteiger charge is 2.08. The van der Waals surface area contributed by atoms with Crippen molar-refractivity contribution in [3.05, 3.63) is 87.0 Å². The van der Waals surface area contributed by atoms with Crippen LogP contribution in [0.5, 0.6) is 0 Å². The molecule has 0 aliphatic heterocycles. The van der Waals surface area contributed by atoms with E-state index in [-0.39, 0.29) is 5.91 Å². The number of carbonyl (C=O) groups excluding carboxylic acids is 1. The number of nitrogens with zero attached hydrogens (tertiary/aromatic N) is 3. The highest BCUT2D eigenvalue weighted by atomic mass is 16.2. The lowest BCUT2D eigenvalue weighted by atomic mass is 10.1. The van der Waals surface area contributed by atoms with Crippen LogP contribution in [0.1, 0.15) is 15.9 Å². The van der Waals surface area contributed by atoms with Gasteiger partial charge in [0.25, 0.3) is 5.91 Å². The first-order chi connectivity index (χ1) is 13.1. The van der Waals surface area contributed by atoms with Crippen LogP contribution in [0.25, 0.3) is 16.7 Å². The predicted molar refractivity (Wildman–Crippen MR) is 97.7 cm³/mol. The van der Waals surface area contributed by atoms with E-state index >= 15 is 0 Å². The van der Waals surface area contributed by atoms with Gasteiger partial charge in [0, 0.05) is 12.1 Å². The molecule has 0 radical (unpaired) electrons. The molecule has 134 valence electrons. The first-order valence-electron chi connectivity index (χ1n) is 8.09. The SMILES string of the molecule is O=C(NCc1ccc(-n2cncn2)cc1)c1ccc2[nH]c(=O)c(=O)[nH]c2c1. The molecule has 9 nitrogen and oxygen atoms in total. The minimum atomic E-state index is -0.757. The number of H-pyrrole nitrogens is 2. The Kier molecular flexibility index (Phi) is 4.09. The summed E-state index contributed by atoms with van der Waals surface area (Å²) in [6, 6.07) is 12.2. The van der Waals surface area contributed by atoms with Crippen LogP contribution in [-0.4, -0.2) is 30.6 Å². The summed E-state index contributed by atoms with van der Waals surface area (Å²) in [7, 11) is 0. The van der Waals surface area contributed by atoms with Gasteiger partial charge in [-0.3, -0.25) is 14.4 Å².